The number of amides is 3. The van der Waals surface area contributed by atoms with Gasteiger partial charge in [0.25, 0.3) is 5.91 Å². The number of nitrogens with zero attached hydrogens (tertiary/aromatic N) is 1. The monoisotopic (exact) mass is 206 g/mol. The first kappa shape index (κ1) is 10.0. The first-order valence-electron chi connectivity index (χ1n) is 5.27. The number of hydrogen-bond acceptors (Lipinski definition) is 2. The molecular weight excluding hydrogens is 192 g/mol. The van der Waals surface area contributed by atoms with Gasteiger partial charge in [0.05, 0.1) is 6.54 Å². The van der Waals surface area contributed by atoms with Gasteiger partial charge in [0.15, 0.2) is 0 Å². The number of rotatable bonds is 1. The van der Waals surface area contributed by atoms with Crippen LogP contribution in [0.1, 0.15) is 32.1 Å². The van der Waals surface area contributed by atoms with Crippen molar-refractivity contribution in [2.75, 3.05) is 6.54 Å². The number of hydrogen-bond donors (Lipinski definition) is 1. The Labute approximate surface area is 89.0 Å². The Morgan fingerprint density at radius 2 is 2.00 bits per heavy atom. The minimum Gasteiger partial charge on any atom is -0.323 e. The van der Waals surface area contributed by atoms with E-state index in [1.54, 1.807) is 0 Å². The maximum absolute atomic E-state index is 12.0. The van der Waals surface area contributed by atoms with Crippen molar-refractivity contribution in [1.82, 2.24) is 10.2 Å². The number of carbonyl (C=O) groups is 2. The van der Waals surface area contributed by atoms with E-state index < -0.39 is 5.54 Å². The SMILES string of the molecule is C#CCN1C(=O)NC2(CCCCC2)C1=O. The van der Waals surface area contributed by atoms with Gasteiger partial charge in [-0.1, -0.05) is 25.2 Å². The third-order valence-electron chi connectivity index (χ3n) is 3.20. The summed E-state index contributed by atoms with van der Waals surface area (Å²) in [6.45, 7) is 0.0758. The molecule has 2 fully saturated rings. The summed E-state index contributed by atoms with van der Waals surface area (Å²) >= 11 is 0. The highest BCUT2D eigenvalue weighted by atomic mass is 16.2. The molecule has 0 radical (unpaired) electrons. The number of nitrogens with one attached hydrogen (secondary N) is 1. The Morgan fingerprint density at radius 3 is 2.60 bits per heavy atom. The highest BCUT2D eigenvalue weighted by Gasteiger charge is 2.50. The molecule has 0 aromatic rings. The van der Waals surface area contributed by atoms with Crippen LogP contribution in [0.15, 0.2) is 0 Å². The lowest BCUT2D eigenvalue weighted by Gasteiger charge is -2.30. The van der Waals surface area contributed by atoms with E-state index in [4.69, 9.17) is 6.42 Å². The molecule has 1 spiro atoms. The summed E-state index contributed by atoms with van der Waals surface area (Å²) in [6, 6.07) is -0.333. The zero-order valence-corrected chi connectivity index (χ0v) is 8.58. The van der Waals surface area contributed by atoms with Crippen LogP contribution in [-0.4, -0.2) is 28.9 Å². The average Bonchev–Trinajstić information content (AvgIpc) is 2.45. The first-order chi connectivity index (χ1) is 7.19. The van der Waals surface area contributed by atoms with Crippen LogP contribution in [-0.2, 0) is 4.79 Å². The van der Waals surface area contributed by atoms with Gasteiger partial charge in [0.1, 0.15) is 5.54 Å². The van der Waals surface area contributed by atoms with E-state index in [0.717, 1.165) is 37.0 Å². The van der Waals surface area contributed by atoms with Gasteiger partial charge in [-0.2, -0.15) is 0 Å². The molecule has 4 nitrogen and oxygen atoms in total. The lowest BCUT2D eigenvalue weighted by atomic mass is 9.82. The molecule has 0 unspecified atom stereocenters. The predicted molar refractivity (Wildman–Crippen MR) is 54.9 cm³/mol. The molecule has 2 rings (SSSR count). The third-order valence-corrected chi connectivity index (χ3v) is 3.20. The van der Waals surface area contributed by atoms with Crippen molar-refractivity contribution in [3.8, 4) is 12.3 Å². The summed E-state index contributed by atoms with van der Waals surface area (Å²) in [5.41, 5.74) is -0.633. The van der Waals surface area contributed by atoms with Gasteiger partial charge in [-0.15, -0.1) is 6.42 Å². The second kappa shape index (κ2) is 3.58. The molecule has 1 aliphatic carbocycles. The third kappa shape index (κ3) is 1.48. The summed E-state index contributed by atoms with van der Waals surface area (Å²) < 4.78 is 0. The summed E-state index contributed by atoms with van der Waals surface area (Å²) in [5.74, 6) is 2.20. The minimum atomic E-state index is -0.633. The van der Waals surface area contributed by atoms with Crippen LogP contribution in [0.25, 0.3) is 0 Å². The van der Waals surface area contributed by atoms with Gasteiger partial charge in [0, 0.05) is 0 Å². The molecule has 0 atom stereocenters. The van der Waals surface area contributed by atoms with Gasteiger partial charge in [-0.25, -0.2) is 4.79 Å². The summed E-state index contributed by atoms with van der Waals surface area (Å²) in [5, 5.41) is 2.80. The largest absolute Gasteiger partial charge is 0.325 e. The van der Waals surface area contributed by atoms with Crippen LogP contribution in [0, 0.1) is 12.3 Å². The van der Waals surface area contributed by atoms with Crippen LogP contribution in [0.5, 0.6) is 0 Å². The molecule has 4 heteroatoms. The average molecular weight is 206 g/mol. The number of carbonyl (C=O) groups excluding carboxylic acids is 2. The van der Waals surface area contributed by atoms with Crippen molar-refractivity contribution >= 4 is 11.9 Å². The zero-order valence-electron chi connectivity index (χ0n) is 8.58. The Hall–Kier alpha value is -1.50. The Bertz CT molecular complexity index is 337. The molecule has 0 aromatic carbocycles. The fourth-order valence-corrected chi connectivity index (χ4v) is 2.41. The van der Waals surface area contributed by atoms with Crippen molar-refractivity contribution < 1.29 is 9.59 Å². The van der Waals surface area contributed by atoms with E-state index in [-0.39, 0.29) is 18.5 Å². The summed E-state index contributed by atoms with van der Waals surface area (Å²) in [4.78, 5) is 24.7. The summed E-state index contributed by atoms with van der Waals surface area (Å²) in [7, 11) is 0. The normalized spacial score (nSPS) is 24.1. The molecule has 1 aliphatic heterocycles. The standard InChI is InChI=1S/C11H14N2O2/c1-2-8-13-9(14)11(12-10(13)15)6-4-3-5-7-11/h1H,3-8H2,(H,12,15). The van der Waals surface area contributed by atoms with E-state index in [0.29, 0.717) is 0 Å². The highest BCUT2D eigenvalue weighted by molar-refractivity contribution is 6.07. The molecule has 15 heavy (non-hydrogen) atoms. The van der Waals surface area contributed by atoms with Gasteiger partial charge < -0.3 is 5.32 Å². The van der Waals surface area contributed by atoms with Crippen LogP contribution in [0.3, 0.4) is 0 Å². The lowest BCUT2D eigenvalue weighted by Crippen LogP contribution is -2.48. The Morgan fingerprint density at radius 1 is 1.33 bits per heavy atom. The van der Waals surface area contributed by atoms with Crippen LogP contribution < -0.4 is 5.32 Å². The van der Waals surface area contributed by atoms with E-state index in [2.05, 4.69) is 11.2 Å². The highest BCUT2D eigenvalue weighted by Crippen LogP contribution is 2.33. The quantitative estimate of drug-likeness (QED) is 0.511. The van der Waals surface area contributed by atoms with Crippen LogP contribution in [0.2, 0.25) is 0 Å². The Kier molecular flexibility index (Phi) is 2.39. The fraction of sp³-hybridized carbons (Fsp3) is 0.636. The molecule has 1 heterocycles. The molecule has 1 N–H and O–H groups in total. The fourth-order valence-electron chi connectivity index (χ4n) is 2.41. The maximum atomic E-state index is 12.0. The predicted octanol–water partition coefficient (Wildman–Crippen LogP) is 0.874. The number of imide groups is 1. The van der Waals surface area contributed by atoms with Crippen molar-refractivity contribution in [2.45, 2.75) is 37.6 Å². The summed E-state index contributed by atoms with van der Waals surface area (Å²) in [6.07, 6.45) is 9.75. The second-order valence-electron chi connectivity index (χ2n) is 4.17. The van der Waals surface area contributed by atoms with Crippen molar-refractivity contribution in [2.24, 2.45) is 0 Å². The molecule has 1 saturated carbocycles. The van der Waals surface area contributed by atoms with Gasteiger partial charge >= 0.3 is 6.03 Å². The van der Waals surface area contributed by atoms with Crippen molar-refractivity contribution in [3.63, 3.8) is 0 Å². The van der Waals surface area contributed by atoms with E-state index in [1.807, 2.05) is 0 Å². The van der Waals surface area contributed by atoms with Gasteiger partial charge in [-0.3, -0.25) is 9.69 Å². The molecular formula is C11H14N2O2. The molecule has 0 aromatic heterocycles. The second-order valence-corrected chi connectivity index (χ2v) is 4.17. The minimum absolute atomic E-state index is 0.0758. The van der Waals surface area contributed by atoms with E-state index in [1.165, 1.54) is 0 Å². The van der Waals surface area contributed by atoms with Gasteiger partial charge in [-0.05, 0) is 12.8 Å². The molecule has 80 valence electrons. The molecule has 1 saturated heterocycles. The van der Waals surface area contributed by atoms with Gasteiger partial charge in [0.2, 0.25) is 0 Å². The van der Waals surface area contributed by atoms with Crippen LogP contribution >= 0.6 is 0 Å². The topological polar surface area (TPSA) is 49.4 Å². The van der Waals surface area contributed by atoms with Crippen molar-refractivity contribution in [3.05, 3.63) is 0 Å². The zero-order chi connectivity index (χ0) is 10.9. The smallest absolute Gasteiger partial charge is 0.323 e. The number of urea groups is 1. The number of terminal acetylenes is 1. The maximum Gasteiger partial charge on any atom is 0.325 e. The first-order valence-corrected chi connectivity index (χ1v) is 5.27. The molecule has 2 aliphatic rings. The Balaban J connectivity index is 2.20. The molecule has 0 bridgehead atoms. The van der Waals surface area contributed by atoms with Crippen molar-refractivity contribution in [1.29, 1.82) is 0 Å². The van der Waals surface area contributed by atoms with E-state index >= 15 is 0 Å². The van der Waals surface area contributed by atoms with E-state index in [9.17, 15) is 9.59 Å². The lowest BCUT2D eigenvalue weighted by molar-refractivity contribution is -0.131. The van der Waals surface area contributed by atoms with Crippen LogP contribution in [0.4, 0.5) is 4.79 Å². The molecule has 3 amide bonds.